The van der Waals surface area contributed by atoms with Crippen molar-refractivity contribution in [2.75, 3.05) is 26.3 Å². The van der Waals surface area contributed by atoms with Gasteiger partial charge in [0.25, 0.3) is 0 Å². The molecule has 0 aromatic rings. The van der Waals surface area contributed by atoms with Crippen LogP contribution in [-0.2, 0) is 18.9 Å². The van der Waals surface area contributed by atoms with Crippen LogP contribution < -0.4 is 10.6 Å². The Labute approximate surface area is 163 Å². The third-order valence-electron chi connectivity index (χ3n) is 5.77. The lowest BCUT2D eigenvalue weighted by Gasteiger charge is -2.42. The molecule has 2 N–H and O–H groups in total. The van der Waals surface area contributed by atoms with Crippen molar-refractivity contribution in [2.24, 2.45) is 16.7 Å². The Morgan fingerprint density at radius 1 is 1.11 bits per heavy atom. The van der Waals surface area contributed by atoms with Gasteiger partial charge in [-0.05, 0) is 23.3 Å². The highest BCUT2D eigenvalue weighted by Gasteiger charge is 2.42. The number of rotatable bonds is 10. The molecular weight excluding hydrogens is 343 g/mol. The van der Waals surface area contributed by atoms with Crippen molar-refractivity contribution in [2.45, 2.75) is 47.1 Å². The highest BCUT2D eigenvalue weighted by molar-refractivity contribution is 6.55. The molecule has 0 aromatic heterocycles. The minimum absolute atomic E-state index is 0.0462. The minimum Gasteiger partial charge on any atom is -0.405 e. The molecule has 150 valence electrons. The average molecular weight is 376 g/mol. The second kappa shape index (κ2) is 9.17. The molecule has 0 radical (unpaired) electrons. The molecule has 6 nitrogen and oxygen atoms in total. The van der Waals surface area contributed by atoms with Crippen LogP contribution in [0, 0.1) is 16.7 Å². The second-order valence-corrected chi connectivity index (χ2v) is 8.71. The molecule has 27 heavy (non-hydrogen) atoms. The van der Waals surface area contributed by atoms with E-state index in [9.17, 15) is 9.59 Å². The zero-order valence-electron chi connectivity index (χ0n) is 17.2. The fourth-order valence-electron chi connectivity index (χ4n) is 3.16. The van der Waals surface area contributed by atoms with Gasteiger partial charge in [0.05, 0.1) is 19.3 Å². The topological polar surface area (TPSA) is 76.7 Å². The smallest absolute Gasteiger partial charge is 0.405 e. The van der Waals surface area contributed by atoms with E-state index in [2.05, 4.69) is 50.5 Å². The molecule has 1 heterocycles. The van der Waals surface area contributed by atoms with Gasteiger partial charge in [-0.15, -0.1) is 0 Å². The first-order chi connectivity index (χ1) is 12.7. The van der Waals surface area contributed by atoms with Gasteiger partial charge < -0.3 is 29.5 Å². The third-order valence-corrected chi connectivity index (χ3v) is 5.77. The van der Waals surface area contributed by atoms with Crippen molar-refractivity contribution in [3.63, 3.8) is 0 Å². The highest BCUT2D eigenvalue weighted by atomic mass is 16.6. The Balaban J connectivity index is 2.06. The minimum atomic E-state index is -0.366. The number of nitrogens with one attached hydrogen (secondary N) is 2. The summed E-state index contributed by atoms with van der Waals surface area (Å²) in [5.41, 5.74) is 1.85. The molecule has 1 aliphatic heterocycles. The molecule has 2 atom stereocenters. The zero-order valence-corrected chi connectivity index (χ0v) is 17.2. The van der Waals surface area contributed by atoms with Crippen molar-refractivity contribution in [3.05, 3.63) is 23.3 Å². The van der Waals surface area contributed by atoms with E-state index in [0.29, 0.717) is 32.7 Å². The maximum atomic E-state index is 11.5. The lowest BCUT2D eigenvalue weighted by molar-refractivity contribution is -0.109. The van der Waals surface area contributed by atoms with Crippen molar-refractivity contribution < 1.29 is 18.9 Å². The van der Waals surface area contributed by atoms with Crippen molar-refractivity contribution >= 4 is 19.7 Å². The SMILES string of the molecule is C[C@@H](CC=O)CN[C@H](C=O)CNC1=CC(C)(C)C(C)(C)C=C1B1OCCO1. The van der Waals surface area contributed by atoms with E-state index >= 15 is 0 Å². The van der Waals surface area contributed by atoms with Gasteiger partial charge in [-0.3, -0.25) is 0 Å². The summed E-state index contributed by atoms with van der Waals surface area (Å²) < 4.78 is 11.5. The molecule has 0 saturated carbocycles. The number of aldehydes is 2. The first-order valence-electron chi connectivity index (χ1n) is 9.75. The molecule has 1 aliphatic carbocycles. The van der Waals surface area contributed by atoms with Crippen LogP contribution in [0.15, 0.2) is 23.3 Å². The number of hydrogen-bond acceptors (Lipinski definition) is 6. The van der Waals surface area contributed by atoms with Gasteiger partial charge in [-0.25, -0.2) is 0 Å². The Morgan fingerprint density at radius 3 is 2.33 bits per heavy atom. The van der Waals surface area contributed by atoms with Crippen LogP contribution in [0.2, 0.25) is 0 Å². The molecule has 2 aliphatic rings. The average Bonchev–Trinajstić information content (AvgIpc) is 3.12. The Hall–Kier alpha value is -1.44. The molecule has 0 unspecified atom stereocenters. The Kier molecular flexibility index (Phi) is 7.43. The molecular formula is C20H33BN2O4. The van der Waals surface area contributed by atoms with E-state index in [0.717, 1.165) is 23.7 Å². The number of carbonyl (C=O) groups is 2. The van der Waals surface area contributed by atoms with E-state index in [4.69, 9.17) is 9.31 Å². The van der Waals surface area contributed by atoms with Gasteiger partial charge in [0.15, 0.2) is 0 Å². The predicted octanol–water partition coefficient (Wildman–Crippen LogP) is 1.91. The molecule has 0 spiro atoms. The van der Waals surface area contributed by atoms with Crippen LogP contribution in [0.3, 0.4) is 0 Å². The highest BCUT2D eigenvalue weighted by Crippen LogP contribution is 2.46. The maximum absolute atomic E-state index is 11.5. The van der Waals surface area contributed by atoms with Gasteiger partial charge in [-0.2, -0.15) is 0 Å². The summed E-state index contributed by atoms with van der Waals surface area (Å²) in [6.07, 6.45) is 6.75. The monoisotopic (exact) mass is 376 g/mol. The van der Waals surface area contributed by atoms with Crippen molar-refractivity contribution in [1.82, 2.24) is 10.6 Å². The van der Waals surface area contributed by atoms with Crippen LogP contribution in [0.5, 0.6) is 0 Å². The predicted molar refractivity (Wildman–Crippen MR) is 107 cm³/mol. The molecule has 1 saturated heterocycles. The first kappa shape index (κ1) is 21.9. The van der Waals surface area contributed by atoms with Crippen LogP contribution in [-0.4, -0.2) is 52.0 Å². The number of allylic oxidation sites excluding steroid dienone is 3. The van der Waals surface area contributed by atoms with Crippen LogP contribution in [0.1, 0.15) is 41.0 Å². The van der Waals surface area contributed by atoms with Crippen molar-refractivity contribution in [3.8, 4) is 0 Å². The molecule has 1 fully saturated rings. The second-order valence-electron chi connectivity index (χ2n) is 8.71. The summed E-state index contributed by atoms with van der Waals surface area (Å²) in [4.78, 5) is 22.1. The third kappa shape index (κ3) is 5.53. The van der Waals surface area contributed by atoms with E-state index in [1.54, 1.807) is 0 Å². The van der Waals surface area contributed by atoms with Crippen LogP contribution in [0.25, 0.3) is 0 Å². The fraction of sp³-hybridized carbons (Fsp3) is 0.700. The van der Waals surface area contributed by atoms with Crippen LogP contribution in [0.4, 0.5) is 0 Å². The van der Waals surface area contributed by atoms with Gasteiger partial charge in [0, 0.05) is 24.1 Å². The van der Waals surface area contributed by atoms with E-state index < -0.39 is 0 Å². The molecule has 2 rings (SSSR count). The van der Waals surface area contributed by atoms with E-state index in [-0.39, 0.29) is 29.9 Å². The van der Waals surface area contributed by atoms with Gasteiger partial charge in [0.2, 0.25) is 0 Å². The van der Waals surface area contributed by atoms with Gasteiger partial charge in [0.1, 0.15) is 12.6 Å². The Morgan fingerprint density at radius 2 is 1.74 bits per heavy atom. The summed E-state index contributed by atoms with van der Waals surface area (Å²) >= 11 is 0. The Bertz CT molecular complexity index is 595. The largest absolute Gasteiger partial charge is 0.495 e. The molecule has 0 amide bonds. The molecule has 7 heteroatoms. The summed E-state index contributed by atoms with van der Waals surface area (Å²) in [7, 11) is -0.366. The molecule has 0 aromatic carbocycles. The fourth-order valence-corrected chi connectivity index (χ4v) is 3.16. The normalized spacial score (nSPS) is 23.2. The first-order valence-corrected chi connectivity index (χ1v) is 9.75. The lowest BCUT2D eigenvalue weighted by atomic mass is 9.59. The quantitative estimate of drug-likeness (QED) is 0.448. The van der Waals surface area contributed by atoms with E-state index in [1.807, 2.05) is 6.92 Å². The summed E-state index contributed by atoms with van der Waals surface area (Å²) in [6, 6.07) is -0.329. The van der Waals surface area contributed by atoms with Gasteiger partial charge in [-0.1, -0.05) is 46.8 Å². The maximum Gasteiger partial charge on any atom is 0.495 e. The standard InChI is InChI=1S/C20H33BN2O4/c1-15(6-7-24)12-22-16(14-25)13-23-18-11-20(4,5)19(2,3)10-17(18)21-26-8-9-27-21/h7,10-11,14-16,22-23H,6,8-9,12-13H2,1-5H3/t15-,16-/m0/s1. The zero-order chi connectivity index (χ0) is 20.1. The number of carbonyl (C=O) groups excluding carboxylic acids is 2. The van der Waals surface area contributed by atoms with Crippen LogP contribution >= 0.6 is 0 Å². The summed E-state index contributed by atoms with van der Waals surface area (Å²) in [5, 5.41) is 6.63. The number of hydrogen-bond donors (Lipinski definition) is 2. The summed E-state index contributed by atoms with van der Waals surface area (Å²) in [6.45, 7) is 13.1. The molecule has 0 bridgehead atoms. The summed E-state index contributed by atoms with van der Waals surface area (Å²) in [5.74, 6) is 0.203. The van der Waals surface area contributed by atoms with Crippen molar-refractivity contribution in [1.29, 1.82) is 0 Å². The van der Waals surface area contributed by atoms with Gasteiger partial charge >= 0.3 is 7.12 Å². The lowest BCUT2D eigenvalue weighted by Crippen LogP contribution is -2.44. The van der Waals surface area contributed by atoms with E-state index in [1.165, 1.54) is 0 Å².